The van der Waals surface area contributed by atoms with Crippen molar-refractivity contribution < 1.29 is 22.7 Å². The molecule has 0 atom stereocenters. The van der Waals surface area contributed by atoms with Crippen LogP contribution in [0, 0.1) is 6.92 Å². The third-order valence-corrected chi connectivity index (χ3v) is 4.09. The molecule has 0 aliphatic carbocycles. The van der Waals surface area contributed by atoms with Crippen molar-refractivity contribution in [1.29, 1.82) is 0 Å². The molecule has 0 saturated heterocycles. The Balaban J connectivity index is 1.77. The predicted octanol–water partition coefficient (Wildman–Crippen LogP) is 4.36. The molecule has 0 bridgehead atoms. The number of alkyl halides is 3. The number of aryl methyl sites for hydroxylation is 2. The van der Waals surface area contributed by atoms with Crippen LogP contribution < -0.4 is 5.32 Å². The minimum absolute atomic E-state index is 0.0407. The van der Waals surface area contributed by atoms with Crippen LogP contribution in [0.4, 0.5) is 24.8 Å². The Kier molecular flexibility index (Phi) is 6.34. The van der Waals surface area contributed by atoms with Crippen LogP contribution in [0.25, 0.3) is 11.3 Å². The van der Waals surface area contributed by atoms with Gasteiger partial charge in [0, 0.05) is 18.0 Å². The molecule has 158 valence electrons. The number of carbonyl (C=O) groups is 1. The number of nitrogens with one attached hydrogen (secondary N) is 1. The molecule has 0 unspecified atom stereocenters. The minimum atomic E-state index is -4.46. The van der Waals surface area contributed by atoms with Crippen LogP contribution in [0.2, 0.25) is 0 Å². The van der Waals surface area contributed by atoms with Gasteiger partial charge in [-0.05, 0) is 43.7 Å². The lowest BCUT2D eigenvalue weighted by Gasteiger charge is -2.10. The first kappa shape index (κ1) is 21.3. The fraction of sp³-hybridized carbons (Fsp3) is 0.300. The molecule has 0 saturated carbocycles. The van der Waals surface area contributed by atoms with E-state index in [1.807, 2.05) is 13.0 Å². The van der Waals surface area contributed by atoms with Gasteiger partial charge in [0.05, 0.1) is 37.0 Å². The number of carbonyl (C=O) groups excluding carboxylic acids is 1. The molecule has 1 N–H and O–H groups in total. The van der Waals surface area contributed by atoms with E-state index in [0.29, 0.717) is 30.2 Å². The zero-order valence-electron chi connectivity index (χ0n) is 16.4. The summed E-state index contributed by atoms with van der Waals surface area (Å²) in [6.07, 6.45) is 0.189. The van der Waals surface area contributed by atoms with Crippen molar-refractivity contribution in [3.05, 3.63) is 54.0 Å². The number of halogens is 3. The summed E-state index contributed by atoms with van der Waals surface area (Å²) in [5.41, 5.74) is 1.36. The highest BCUT2D eigenvalue weighted by molar-refractivity contribution is 5.69. The van der Waals surface area contributed by atoms with E-state index in [1.165, 1.54) is 0 Å². The van der Waals surface area contributed by atoms with Crippen molar-refractivity contribution in [3.63, 3.8) is 0 Å². The van der Waals surface area contributed by atoms with E-state index < -0.39 is 11.7 Å². The van der Waals surface area contributed by atoms with Crippen molar-refractivity contribution in [2.45, 2.75) is 33.0 Å². The lowest BCUT2D eigenvalue weighted by molar-refractivity contribution is -0.143. The minimum Gasteiger partial charge on any atom is -0.466 e. The average molecular weight is 419 g/mol. The molecule has 3 rings (SSSR count). The molecule has 3 heterocycles. The quantitative estimate of drug-likeness (QED) is 0.573. The topological polar surface area (TPSA) is 81.9 Å². The van der Waals surface area contributed by atoms with Gasteiger partial charge in [0.2, 0.25) is 0 Å². The fourth-order valence-corrected chi connectivity index (χ4v) is 2.74. The molecule has 3 aromatic heterocycles. The highest BCUT2D eigenvalue weighted by Gasteiger charge is 2.30. The molecule has 0 fully saturated rings. The summed E-state index contributed by atoms with van der Waals surface area (Å²) in [5.74, 6) is 0.0957. The van der Waals surface area contributed by atoms with Crippen molar-refractivity contribution in [1.82, 2.24) is 19.7 Å². The van der Waals surface area contributed by atoms with Gasteiger partial charge in [-0.3, -0.25) is 9.48 Å². The number of pyridine rings is 2. The second-order valence-electron chi connectivity index (χ2n) is 6.51. The molecule has 0 amide bonds. The second kappa shape index (κ2) is 8.93. The SMILES string of the molecule is CCOC(=O)CCn1cc(-c2cc(C)cc(Nc3cc(C(F)(F)F)ccn3)n2)cn1. The summed E-state index contributed by atoms with van der Waals surface area (Å²) in [7, 11) is 0. The number of ether oxygens (including phenoxy) is 1. The van der Waals surface area contributed by atoms with E-state index >= 15 is 0 Å². The lowest BCUT2D eigenvalue weighted by Crippen LogP contribution is -2.09. The number of rotatable bonds is 7. The molecule has 10 heteroatoms. The van der Waals surface area contributed by atoms with Gasteiger partial charge in [-0.2, -0.15) is 18.3 Å². The zero-order chi connectivity index (χ0) is 21.7. The number of nitrogens with zero attached hydrogens (tertiary/aromatic N) is 4. The average Bonchev–Trinajstić information content (AvgIpc) is 3.15. The molecule has 7 nitrogen and oxygen atoms in total. The van der Waals surface area contributed by atoms with Crippen molar-refractivity contribution in [2.24, 2.45) is 0 Å². The van der Waals surface area contributed by atoms with Crippen LogP contribution in [0.3, 0.4) is 0 Å². The van der Waals surface area contributed by atoms with Gasteiger partial charge in [-0.25, -0.2) is 9.97 Å². The summed E-state index contributed by atoms with van der Waals surface area (Å²) < 4.78 is 45.2. The molecule has 0 radical (unpaired) electrons. The van der Waals surface area contributed by atoms with Crippen LogP contribution in [0.1, 0.15) is 24.5 Å². The zero-order valence-corrected chi connectivity index (χ0v) is 16.4. The third-order valence-electron chi connectivity index (χ3n) is 4.09. The number of aromatic nitrogens is 4. The smallest absolute Gasteiger partial charge is 0.416 e. The van der Waals surface area contributed by atoms with E-state index in [9.17, 15) is 18.0 Å². The largest absolute Gasteiger partial charge is 0.466 e. The molecular formula is C20H20F3N5O2. The van der Waals surface area contributed by atoms with Gasteiger partial charge in [-0.15, -0.1) is 0 Å². The third kappa shape index (κ3) is 5.56. The first-order valence-electron chi connectivity index (χ1n) is 9.22. The van der Waals surface area contributed by atoms with E-state index in [4.69, 9.17) is 4.74 Å². The van der Waals surface area contributed by atoms with Crippen molar-refractivity contribution in [2.75, 3.05) is 11.9 Å². The van der Waals surface area contributed by atoms with Gasteiger partial charge >= 0.3 is 12.1 Å². The number of anilines is 2. The molecule has 3 aromatic rings. The second-order valence-corrected chi connectivity index (χ2v) is 6.51. The summed E-state index contributed by atoms with van der Waals surface area (Å²) in [6.45, 7) is 4.28. The van der Waals surface area contributed by atoms with Gasteiger partial charge in [0.25, 0.3) is 0 Å². The van der Waals surface area contributed by atoms with E-state index in [1.54, 1.807) is 30.1 Å². The van der Waals surface area contributed by atoms with Crippen LogP contribution in [-0.4, -0.2) is 32.3 Å². The number of esters is 1. The Labute approximate surface area is 170 Å². The fourth-order valence-electron chi connectivity index (χ4n) is 2.74. The Morgan fingerprint density at radius 3 is 2.77 bits per heavy atom. The molecular weight excluding hydrogens is 399 g/mol. The number of hydrogen-bond acceptors (Lipinski definition) is 6. The van der Waals surface area contributed by atoms with E-state index in [0.717, 1.165) is 23.9 Å². The van der Waals surface area contributed by atoms with E-state index in [2.05, 4.69) is 20.4 Å². The first-order chi connectivity index (χ1) is 14.2. The Morgan fingerprint density at radius 1 is 1.23 bits per heavy atom. The molecule has 0 aromatic carbocycles. The first-order valence-corrected chi connectivity index (χ1v) is 9.22. The summed E-state index contributed by atoms with van der Waals surface area (Å²) >= 11 is 0. The summed E-state index contributed by atoms with van der Waals surface area (Å²) in [6, 6.07) is 5.37. The monoisotopic (exact) mass is 419 g/mol. The lowest BCUT2D eigenvalue weighted by atomic mass is 10.1. The molecule has 30 heavy (non-hydrogen) atoms. The van der Waals surface area contributed by atoms with Gasteiger partial charge < -0.3 is 10.1 Å². The maximum absolute atomic E-state index is 12.9. The van der Waals surface area contributed by atoms with Crippen molar-refractivity contribution in [3.8, 4) is 11.3 Å². The molecule has 0 aliphatic heterocycles. The summed E-state index contributed by atoms with van der Waals surface area (Å²) in [5, 5.41) is 7.04. The van der Waals surface area contributed by atoms with E-state index in [-0.39, 0.29) is 18.2 Å². The highest BCUT2D eigenvalue weighted by Crippen LogP contribution is 2.30. The maximum Gasteiger partial charge on any atom is 0.416 e. The van der Waals surface area contributed by atoms with Gasteiger partial charge in [0.15, 0.2) is 0 Å². The van der Waals surface area contributed by atoms with Crippen molar-refractivity contribution >= 4 is 17.6 Å². The summed E-state index contributed by atoms with van der Waals surface area (Å²) in [4.78, 5) is 19.9. The molecule has 0 spiro atoms. The Morgan fingerprint density at radius 2 is 2.03 bits per heavy atom. The maximum atomic E-state index is 12.9. The Hall–Kier alpha value is -3.43. The number of hydrogen-bond donors (Lipinski definition) is 1. The van der Waals surface area contributed by atoms with Crippen LogP contribution in [0.5, 0.6) is 0 Å². The van der Waals surface area contributed by atoms with Crippen LogP contribution >= 0.6 is 0 Å². The predicted molar refractivity (Wildman–Crippen MR) is 104 cm³/mol. The molecule has 0 aliphatic rings. The highest BCUT2D eigenvalue weighted by atomic mass is 19.4. The van der Waals surface area contributed by atoms with Gasteiger partial charge in [-0.1, -0.05) is 0 Å². The normalized spacial score (nSPS) is 11.4. The van der Waals surface area contributed by atoms with Crippen LogP contribution in [0.15, 0.2) is 42.9 Å². The van der Waals surface area contributed by atoms with Gasteiger partial charge in [0.1, 0.15) is 11.6 Å². The Bertz CT molecular complexity index is 1030. The standard InChI is InChI=1S/C20H20F3N5O2/c1-3-30-19(29)5-7-28-12-14(11-25-28)16-8-13(2)9-18(26-16)27-17-10-15(4-6-24-17)20(21,22)23/h4,6,8-12H,3,5,7H2,1-2H3,(H,24,26,27). The van der Waals surface area contributed by atoms with Crippen LogP contribution in [-0.2, 0) is 22.3 Å².